The topological polar surface area (TPSA) is 49.9 Å². The summed E-state index contributed by atoms with van der Waals surface area (Å²) in [6.07, 6.45) is 2.22. The molecule has 1 fully saturated rings. The van der Waals surface area contributed by atoms with Crippen molar-refractivity contribution in [2.75, 3.05) is 20.2 Å². The van der Waals surface area contributed by atoms with Crippen LogP contribution in [0.5, 0.6) is 5.75 Å². The van der Waals surface area contributed by atoms with Crippen molar-refractivity contribution >= 4 is 11.8 Å². The highest BCUT2D eigenvalue weighted by molar-refractivity contribution is 6.07. The summed E-state index contributed by atoms with van der Waals surface area (Å²) in [4.78, 5) is 29.7. The lowest BCUT2D eigenvalue weighted by molar-refractivity contribution is -0.147. The molecule has 2 aromatic rings. The normalized spacial score (nSPS) is 20.1. The molecule has 1 saturated heterocycles. The predicted molar refractivity (Wildman–Crippen MR) is 109 cm³/mol. The van der Waals surface area contributed by atoms with Crippen molar-refractivity contribution in [3.05, 3.63) is 78.4 Å². The Morgan fingerprint density at radius 2 is 1.82 bits per heavy atom. The monoisotopic (exact) mass is 378 g/mol. The molecule has 0 aliphatic carbocycles. The van der Waals surface area contributed by atoms with Gasteiger partial charge in [-0.05, 0) is 43.2 Å². The molecule has 0 spiro atoms. The highest BCUT2D eigenvalue weighted by Crippen LogP contribution is 2.30. The van der Waals surface area contributed by atoms with Gasteiger partial charge in [-0.25, -0.2) is 0 Å². The summed E-state index contributed by atoms with van der Waals surface area (Å²) in [5.74, 6) is 0.373. The largest absolute Gasteiger partial charge is 0.497 e. The van der Waals surface area contributed by atoms with E-state index in [4.69, 9.17) is 4.74 Å². The third-order valence-corrected chi connectivity index (χ3v) is 5.34. The number of benzene rings is 2. The first kappa shape index (κ1) is 19.8. The molecule has 1 aliphatic heterocycles. The van der Waals surface area contributed by atoms with Gasteiger partial charge in [-0.3, -0.25) is 19.4 Å². The van der Waals surface area contributed by atoms with Gasteiger partial charge in [-0.15, -0.1) is 6.58 Å². The van der Waals surface area contributed by atoms with Crippen LogP contribution in [0.15, 0.2) is 67.3 Å². The Morgan fingerprint density at radius 1 is 1.14 bits per heavy atom. The van der Waals surface area contributed by atoms with Gasteiger partial charge >= 0.3 is 0 Å². The quantitative estimate of drug-likeness (QED) is 0.570. The maximum atomic E-state index is 13.3. The summed E-state index contributed by atoms with van der Waals surface area (Å²) >= 11 is 0. The van der Waals surface area contributed by atoms with Crippen LogP contribution in [0.3, 0.4) is 0 Å². The Kier molecular flexibility index (Phi) is 5.95. The van der Waals surface area contributed by atoms with Crippen LogP contribution in [-0.4, -0.2) is 47.4 Å². The van der Waals surface area contributed by atoms with E-state index in [0.29, 0.717) is 31.6 Å². The second-order valence-corrected chi connectivity index (χ2v) is 7.16. The number of piperazine rings is 1. The number of ether oxygens (including phenoxy) is 1. The van der Waals surface area contributed by atoms with Gasteiger partial charge in [-0.1, -0.05) is 36.4 Å². The van der Waals surface area contributed by atoms with E-state index < -0.39 is 5.54 Å². The minimum Gasteiger partial charge on any atom is -0.497 e. The number of hydrogen-bond acceptors (Lipinski definition) is 4. The van der Waals surface area contributed by atoms with Gasteiger partial charge in [0.05, 0.1) is 7.11 Å². The second-order valence-electron chi connectivity index (χ2n) is 7.16. The standard InChI is InChI=1S/C23H26N2O3/c1-4-14-23(2)22(27)25(21(26)19-8-6-5-7-9-19)16-15-24(23)17-18-10-12-20(28-3)13-11-18/h4-13H,1,14-17H2,2-3H3/t23-/m0/s1. The lowest BCUT2D eigenvalue weighted by Crippen LogP contribution is -2.65. The summed E-state index contributed by atoms with van der Waals surface area (Å²) in [6, 6.07) is 16.8. The van der Waals surface area contributed by atoms with Gasteiger partial charge in [0.25, 0.3) is 5.91 Å². The van der Waals surface area contributed by atoms with Crippen LogP contribution in [0, 0.1) is 0 Å². The highest BCUT2D eigenvalue weighted by atomic mass is 16.5. The predicted octanol–water partition coefficient (Wildman–Crippen LogP) is 3.51. The molecule has 28 heavy (non-hydrogen) atoms. The number of hydrogen-bond donors (Lipinski definition) is 0. The number of imide groups is 1. The van der Waals surface area contributed by atoms with Gasteiger partial charge in [0, 0.05) is 25.2 Å². The molecule has 0 bridgehead atoms. The lowest BCUT2D eigenvalue weighted by Gasteiger charge is -2.46. The number of carbonyl (C=O) groups excluding carboxylic acids is 2. The SMILES string of the molecule is C=CC[C@@]1(C)C(=O)N(C(=O)c2ccccc2)CCN1Cc1ccc(OC)cc1. The van der Waals surface area contributed by atoms with Crippen molar-refractivity contribution < 1.29 is 14.3 Å². The Morgan fingerprint density at radius 3 is 2.43 bits per heavy atom. The highest BCUT2D eigenvalue weighted by Gasteiger charge is 2.46. The van der Waals surface area contributed by atoms with E-state index in [9.17, 15) is 9.59 Å². The third kappa shape index (κ3) is 3.85. The molecular weight excluding hydrogens is 352 g/mol. The Bertz CT molecular complexity index is 848. The third-order valence-electron chi connectivity index (χ3n) is 5.34. The average molecular weight is 378 g/mol. The molecule has 1 heterocycles. The molecule has 2 aromatic carbocycles. The fourth-order valence-corrected chi connectivity index (χ4v) is 3.63. The van der Waals surface area contributed by atoms with Gasteiger partial charge in [0.1, 0.15) is 11.3 Å². The van der Waals surface area contributed by atoms with E-state index in [-0.39, 0.29) is 11.8 Å². The zero-order valence-electron chi connectivity index (χ0n) is 16.4. The van der Waals surface area contributed by atoms with Gasteiger partial charge in [0.2, 0.25) is 5.91 Å². The maximum Gasteiger partial charge on any atom is 0.260 e. The summed E-state index contributed by atoms with van der Waals surface area (Å²) in [5, 5.41) is 0. The van der Waals surface area contributed by atoms with E-state index in [2.05, 4.69) is 11.5 Å². The number of rotatable bonds is 6. The van der Waals surface area contributed by atoms with Crippen LogP contribution < -0.4 is 4.74 Å². The van der Waals surface area contributed by atoms with Crippen molar-refractivity contribution in [1.29, 1.82) is 0 Å². The summed E-state index contributed by atoms with van der Waals surface area (Å²) in [7, 11) is 1.64. The molecule has 0 unspecified atom stereocenters. The van der Waals surface area contributed by atoms with E-state index in [1.807, 2.05) is 37.3 Å². The van der Waals surface area contributed by atoms with Gasteiger partial charge < -0.3 is 4.74 Å². The molecule has 146 valence electrons. The second kappa shape index (κ2) is 8.40. The first-order chi connectivity index (χ1) is 13.5. The molecule has 0 radical (unpaired) electrons. The van der Waals surface area contributed by atoms with Crippen LogP contribution in [0.1, 0.15) is 29.3 Å². The average Bonchev–Trinajstić information content (AvgIpc) is 2.73. The van der Waals surface area contributed by atoms with Crippen LogP contribution in [0.2, 0.25) is 0 Å². The number of methoxy groups -OCH3 is 1. The molecular formula is C23H26N2O3. The van der Waals surface area contributed by atoms with E-state index in [1.54, 1.807) is 37.5 Å². The van der Waals surface area contributed by atoms with Crippen LogP contribution in [0.25, 0.3) is 0 Å². The molecule has 1 atom stereocenters. The first-order valence-corrected chi connectivity index (χ1v) is 9.40. The summed E-state index contributed by atoms with van der Waals surface area (Å²) in [6.45, 7) is 7.32. The maximum absolute atomic E-state index is 13.3. The number of amides is 2. The zero-order valence-corrected chi connectivity index (χ0v) is 16.4. The van der Waals surface area contributed by atoms with Crippen LogP contribution in [0.4, 0.5) is 0 Å². The van der Waals surface area contributed by atoms with E-state index in [0.717, 1.165) is 11.3 Å². The van der Waals surface area contributed by atoms with Crippen molar-refractivity contribution in [2.45, 2.75) is 25.4 Å². The zero-order chi connectivity index (χ0) is 20.1. The summed E-state index contributed by atoms with van der Waals surface area (Å²) < 4.78 is 5.21. The number of nitrogens with zero attached hydrogens (tertiary/aromatic N) is 2. The van der Waals surface area contributed by atoms with E-state index >= 15 is 0 Å². The minimum atomic E-state index is -0.815. The van der Waals surface area contributed by atoms with Crippen molar-refractivity contribution in [3.8, 4) is 5.75 Å². The summed E-state index contributed by atoms with van der Waals surface area (Å²) in [5.41, 5.74) is 0.803. The molecule has 1 aliphatic rings. The fraction of sp³-hybridized carbons (Fsp3) is 0.304. The van der Waals surface area contributed by atoms with E-state index in [1.165, 1.54) is 4.90 Å². The van der Waals surface area contributed by atoms with Crippen LogP contribution >= 0.6 is 0 Å². The molecule has 0 saturated carbocycles. The molecule has 5 nitrogen and oxygen atoms in total. The van der Waals surface area contributed by atoms with Crippen LogP contribution in [-0.2, 0) is 11.3 Å². The van der Waals surface area contributed by atoms with Crippen molar-refractivity contribution in [1.82, 2.24) is 9.80 Å². The van der Waals surface area contributed by atoms with Crippen molar-refractivity contribution in [2.24, 2.45) is 0 Å². The Balaban J connectivity index is 1.83. The molecule has 2 amide bonds. The molecule has 0 N–H and O–H groups in total. The van der Waals surface area contributed by atoms with Gasteiger partial charge in [-0.2, -0.15) is 0 Å². The molecule has 5 heteroatoms. The van der Waals surface area contributed by atoms with Crippen molar-refractivity contribution in [3.63, 3.8) is 0 Å². The molecule has 3 rings (SSSR count). The first-order valence-electron chi connectivity index (χ1n) is 9.40. The fourth-order valence-electron chi connectivity index (χ4n) is 3.63. The number of carbonyl (C=O) groups is 2. The van der Waals surface area contributed by atoms with Gasteiger partial charge in [0.15, 0.2) is 0 Å². The minimum absolute atomic E-state index is 0.180. The smallest absolute Gasteiger partial charge is 0.260 e. The lowest BCUT2D eigenvalue weighted by atomic mass is 9.90. The molecule has 0 aromatic heterocycles. The Labute approximate surface area is 166 Å². The Hall–Kier alpha value is -2.92.